The summed E-state index contributed by atoms with van der Waals surface area (Å²) >= 11 is 0. The van der Waals surface area contributed by atoms with Crippen molar-refractivity contribution in [1.82, 2.24) is 15.6 Å². The van der Waals surface area contributed by atoms with E-state index in [1.807, 2.05) is 12.3 Å². The van der Waals surface area contributed by atoms with E-state index < -0.39 is 0 Å². The van der Waals surface area contributed by atoms with Gasteiger partial charge in [0.1, 0.15) is 12.4 Å². The number of hydrogen-bond donors (Lipinski definition) is 2. The minimum absolute atomic E-state index is 0.0314. The second kappa shape index (κ2) is 5.17. The summed E-state index contributed by atoms with van der Waals surface area (Å²) in [5.41, 5.74) is 1.15. The van der Waals surface area contributed by atoms with Gasteiger partial charge in [-0.25, -0.2) is 0 Å². The van der Waals surface area contributed by atoms with Gasteiger partial charge < -0.3 is 15.4 Å². The van der Waals surface area contributed by atoms with Crippen LogP contribution in [0.3, 0.4) is 0 Å². The summed E-state index contributed by atoms with van der Waals surface area (Å²) in [5.74, 6) is 1.24. The predicted molar refractivity (Wildman–Crippen MR) is 71.1 cm³/mol. The van der Waals surface area contributed by atoms with Crippen LogP contribution in [0.2, 0.25) is 0 Å². The zero-order valence-electron chi connectivity index (χ0n) is 11.1. The average molecular weight is 261 g/mol. The number of nitrogens with one attached hydrogen (secondary N) is 2. The number of carbonyl (C=O) groups excluding carboxylic acids is 1. The van der Waals surface area contributed by atoms with Gasteiger partial charge in [-0.05, 0) is 31.0 Å². The number of rotatable bonds is 5. The number of carbonyl (C=O) groups is 1. The molecular weight excluding hydrogens is 242 g/mol. The molecule has 5 heteroatoms. The molecule has 1 amide bonds. The van der Waals surface area contributed by atoms with Gasteiger partial charge >= 0.3 is 0 Å². The number of nitrogens with zero attached hydrogens (tertiary/aromatic N) is 1. The summed E-state index contributed by atoms with van der Waals surface area (Å²) < 4.78 is 5.73. The zero-order valence-corrected chi connectivity index (χ0v) is 11.1. The van der Waals surface area contributed by atoms with Crippen molar-refractivity contribution in [1.29, 1.82) is 0 Å². The summed E-state index contributed by atoms with van der Waals surface area (Å²) in [5, 5.41) is 6.24. The predicted octanol–water partition coefficient (Wildman–Crippen LogP) is 0.814. The molecule has 102 valence electrons. The van der Waals surface area contributed by atoms with Gasteiger partial charge in [-0.15, -0.1) is 0 Å². The Kier molecular flexibility index (Phi) is 3.38. The fourth-order valence-corrected chi connectivity index (χ4v) is 2.39. The zero-order chi connectivity index (χ0) is 13.2. The van der Waals surface area contributed by atoms with Crippen molar-refractivity contribution < 1.29 is 9.53 Å². The van der Waals surface area contributed by atoms with Crippen LogP contribution in [-0.2, 0) is 4.79 Å². The SMILES string of the molecule is CC(=O)N[C@@H]1C[C@@H]1c1cncc(OC[C@@H]2CCN2)c1. The van der Waals surface area contributed by atoms with Crippen LogP contribution < -0.4 is 15.4 Å². The first-order chi connectivity index (χ1) is 9.22. The summed E-state index contributed by atoms with van der Waals surface area (Å²) in [7, 11) is 0. The number of hydrogen-bond acceptors (Lipinski definition) is 4. The largest absolute Gasteiger partial charge is 0.490 e. The van der Waals surface area contributed by atoms with Gasteiger partial charge in [0.2, 0.25) is 5.91 Å². The van der Waals surface area contributed by atoms with Gasteiger partial charge in [-0.1, -0.05) is 0 Å². The molecule has 3 atom stereocenters. The number of amides is 1. The van der Waals surface area contributed by atoms with E-state index in [0.29, 0.717) is 18.6 Å². The molecule has 1 aliphatic heterocycles. The normalized spacial score (nSPS) is 28.4. The first-order valence-electron chi connectivity index (χ1n) is 6.80. The van der Waals surface area contributed by atoms with Gasteiger partial charge in [0.05, 0.1) is 6.20 Å². The van der Waals surface area contributed by atoms with Gasteiger partial charge in [-0.2, -0.15) is 0 Å². The van der Waals surface area contributed by atoms with Crippen molar-refractivity contribution in [3.05, 3.63) is 24.0 Å². The molecule has 19 heavy (non-hydrogen) atoms. The van der Waals surface area contributed by atoms with Crippen molar-refractivity contribution in [2.24, 2.45) is 0 Å². The molecule has 1 aliphatic carbocycles. The Labute approximate surface area is 112 Å². The highest BCUT2D eigenvalue weighted by atomic mass is 16.5. The molecule has 2 N–H and O–H groups in total. The van der Waals surface area contributed by atoms with Gasteiger partial charge in [-0.3, -0.25) is 9.78 Å². The topological polar surface area (TPSA) is 63.2 Å². The third kappa shape index (κ3) is 3.04. The highest BCUT2D eigenvalue weighted by molar-refractivity contribution is 5.73. The molecule has 0 spiro atoms. The first-order valence-corrected chi connectivity index (χ1v) is 6.80. The van der Waals surface area contributed by atoms with Crippen molar-refractivity contribution >= 4 is 5.91 Å². The van der Waals surface area contributed by atoms with Crippen LogP contribution in [0.1, 0.15) is 31.2 Å². The van der Waals surface area contributed by atoms with Gasteiger partial charge in [0, 0.05) is 31.1 Å². The second-order valence-corrected chi connectivity index (χ2v) is 5.35. The Hall–Kier alpha value is -1.62. The lowest BCUT2D eigenvalue weighted by Crippen LogP contribution is -2.46. The molecule has 1 saturated heterocycles. The fourth-order valence-electron chi connectivity index (χ4n) is 2.39. The summed E-state index contributed by atoms with van der Waals surface area (Å²) in [4.78, 5) is 15.2. The first kappa shape index (κ1) is 12.4. The van der Waals surface area contributed by atoms with E-state index in [9.17, 15) is 4.79 Å². The number of pyridine rings is 1. The molecule has 0 aromatic carbocycles. The second-order valence-electron chi connectivity index (χ2n) is 5.35. The van der Waals surface area contributed by atoms with Crippen LogP contribution in [0, 0.1) is 0 Å². The Bertz CT molecular complexity index is 474. The Morgan fingerprint density at radius 1 is 1.58 bits per heavy atom. The average Bonchev–Trinajstić information content (AvgIpc) is 3.06. The van der Waals surface area contributed by atoms with Crippen molar-refractivity contribution in [2.45, 2.75) is 37.8 Å². The number of ether oxygens (including phenoxy) is 1. The molecule has 1 aromatic heterocycles. The lowest BCUT2D eigenvalue weighted by atomic mass is 10.1. The van der Waals surface area contributed by atoms with E-state index in [2.05, 4.69) is 15.6 Å². The molecule has 5 nitrogen and oxygen atoms in total. The standard InChI is InChI=1S/C14H19N3O2/c1-9(18)17-14-5-13(14)10-4-12(7-15-6-10)19-8-11-2-3-16-11/h4,6-7,11,13-14,16H,2-3,5,8H2,1H3,(H,17,18)/t11-,13+,14+/m0/s1. The van der Waals surface area contributed by atoms with Crippen LogP contribution in [0.15, 0.2) is 18.5 Å². The molecule has 1 saturated carbocycles. The molecule has 2 heterocycles. The summed E-state index contributed by atoms with van der Waals surface area (Å²) in [6.45, 7) is 3.34. The maximum absolute atomic E-state index is 11.0. The van der Waals surface area contributed by atoms with E-state index in [1.165, 1.54) is 6.42 Å². The van der Waals surface area contributed by atoms with Crippen LogP contribution in [-0.4, -0.2) is 36.1 Å². The van der Waals surface area contributed by atoms with Crippen molar-refractivity contribution in [3.8, 4) is 5.75 Å². The maximum Gasteiger partial charge on any atom is 0.217 e. The molecule has 2 aliphatic rings. The Morgan fingerprint density at radius 3 is 3.11 bits per heavy atom. The Morgan fingerprint density at radius 2 is 2.42 bits per heavy atom. The van der Waals surface area contributed by atoms with Crippen molar-refractivity contribution in [3.63, 3.8) is 0 Å². The van der Waals surface area contributed by atoms with E-state index >= 15 is 0 Å². The van der Waals surface area contributed by atoms with Crippen LogP contribution in [0.4, 0.5) is 0 Å². The van der Waals surface area contributed by atoms with Crippen molar-refractivity contribution in [2.75, 3.05) is 13.2 Å². The smallest absolute Gasteiger partial charge is 0.217 e. The fraction of sp³-hybridized carbons (Fsp3) is 0.571. The third-order valence-corrected chi connectivity index (χ3v) is 3.72. The monoisotopic (exact) mass is 261 g/mol. The molecule has 1 aromatic rings. The summed E-state index contributed by atoms with van der Waals surface area (Å²) in [6, 6.07) is 2.79. The molecular formula is C14H19N3O2. The number of aromatic nitrogens is 1. The molecule has 0 radical (unpaired) electrons. The molecule has 2 fully saturated rings. The van der Waals surface area contributed by atoms with Crippen LogP contribution in [0.25, 0.3) is 0 Å². The van der Waals surface area contributed by atoms with Crippen LogP contribution >= 0.6 is 0 Å². The molecule has 0 unspecified atom stereocenters. The third-order valence-electron chi connectivity index (χ3n) is 3.72. The minimum Gasteiger partial charge on any atom is -0.490 e. The quantitative estimate of drug-likeness (QED) is 0.823. The highest BCUT2D eigenvalue weighted by Gasteiger charge is 2.39. The Balaban J connectivity index is 1.56. The minimum atomic E-state index is 0.0314. The lowest BCUT2D eigenvalue weighted by Gasteiger charge is -2.27. The highest BCUT2D eigenvalue weighted by Crippen LogP contribution is 2.41. The lowest BCUT2D eigenvalue weighted by molar-refractivity contribution is -0.119. The van der Waals surface area contributed by atoms with E-state index in [4.69, 9.17) is 4.74 Å². The van der Waals surface area contributed by atoms with Gasteiger partial charge in [0.25, 0.3) is 0 Å². The van der Waals surface area contributed by atoms with E-state index in [-0.39, 0.29) is 11.9 Å². The molecule has 0 bridgehead atoms. The van der Waals surface area contributed by atoms with Crippen LogP contribution in [0.5, 0.6) is 5.75 Å². The van der Waals surface area contributed by atoms with E-state index in [0.717, 1.165) is 24.3 Å². The summed E-state index contributed by atoms with van der Waals surface area (Å²) in [6.07, 6.45) is 5.79. The maximum atomic E-state index is 11.0. The van der Waals surface area contributed by atoms with E-state index in [1.54, 1.807) is 13.1 Å². The van der Waals surface area contributed by atoms with Gasteiger partial charge in [0.15, 0.2) is 0 Å². The molecule has 3 rings (SSSR count).